The van der Waals surface area contributed by atoms with Gasteiger partial charge in [-0.15, -0.1) is 0 Å². The molecule has 10 nitrogen and oxygen atoms in total. The highest BCUT2D eigenvalue weighted by atomic mass is 16.6. The average molecular weight is 538 g/mol. The number of hydrogen-bond donors (Lipinski definition) is 3. The average Bonchev–Trinajstić information content (AvgIpc) is 2.90. The van der Waals surface area contributed by atoms with Crippen molar-refractivity contribution in [3.8, 4) is 11.3 Å². The topological polar surface area (TPSA) is 121 Å². The zero-order chi connectivity index (χ0) is 28.3. The number of amides is 2. The summed E-state index contributed by atoms with van der Waals surface area (Å²) >= 11 is 0. The standard InChI is InChI=1S/C30H31N7O3/c1-5-25(38)34-23-8-6-7-19(15-23)26-27-20(13-14-31-26)16-32-28(36-27)35-22-11-9-21(10-12-22)33-24-17-37(18-24)29(39)40-30(2,3)4/h5-16,24,33H,1,17-18H2,2-4H3,(H,34,38)(H,32,35,36). The second-order valence-corrected chi connectivity index (χ2v) is 10.5. The fourth-order valence-electron chi connectivity index (χ4n) is 4.23. The van der Waals surface area contributed by atoms with Gasteiger partial charge < -0.3 is 25.6 Å². The van der Waals surface area contributed by atoms with Gasteiger partial charge >= 0.3 is 6.09 Å². The van der Waals surface area contributed by atoms with E-state index in [1.54, 1.807) is 23.4 Å². The smallest absolute Gasteiger partial charge is 0.410 e. The van der Waals surface area contributed by atoms with Gasteiger partial charge in [-0.1, -0.05) is 18.7 Å². The fraction of sp³-hybridized carbons (Fsp3) is 0.233. The van der Waals surface area contributed by atoms with E-state index in [9.17, 15) is 9.59 Å². The first-order chi connectivity index (χ1) is 19.2. The monoisotopic (exact) mass is 537 g/mol. The Morgan fingerprint density at radius 2 is 1.77 bits per heavy atom. The summed E-state index contributed by atoms with van der Waals surface area (Å²) in [6, 6.07) is 17.3. The summed E-state index contributed by atoms with van der Waals surface area (Å²) in [5.41, 5.74) is 4.10. The van der Waals surface area contributed by atoms with Crippen LogP contribution in [0.15, 0.2) is 79.6 Å². The van der Waals surface area contributed by atoms with Gasteiger partial charge in [0.25, 0.3) is 0 Å². The Balaban J connectivity index is 1.25. The number of pyridine rings is 1. The van der Waals surface area contributed by atoms with Crippen LogP contribution in [0.2, 0.25) is 0 Å². The minimum absolute atomic E-state index is 0.171. The predicted molar refractivity (Wildman–Crippen MR) is 157 cm³/mol. The molecule has 10 heteroatoms. The number of nitrogens with zero attached hydrogens (tertiary/aromatic N) is 4. The molecule has 5 rings (SSSR count). The third-order valence-corrected chi connectivity index (χ3v) is 6.13. The molecule has 0 saturated carbocycles. The van der Waals surface area contributed by atoms with Gasteiger partial charge in [-0.2, -0.15) is 0 Å². The minimum Gasteiger partial charge on any atom is -0.444 e. The summed E-state index contributed by atoms with van der Waals surface area (Å²) in [6.45, 7) is 10.3. The predicted octanol–water partition coefficient (Wildman–Crippen LogP) is 5.59. The van der Waals surface area contributed by atoms with E-state index in [1.807, 2.05) is 69.3 Å². The molecule has 0 unspecified atom stereocenters. The van der Waals surface area contributed by atoms with Gasteiger partial charge in [-0.3, -0.25) is 9.78 Å². The first kappa shape index (κ1) is 26.6. The number of likely N-dealkylation sites (tertiary alicyclic amines) is 1. The van der Waals surface area contributed by atoms with Crippen LogP contribution in [0.1, 0.15) is 20.8 Å². The van der Waals surface area contributed by atoms with Crippen molar-refractivity contribution >= 4 is 45.9 Å². The molecule has 2 aromatic carbocycles. The summed E-state index contributed by atoms with van der Waals surface area (Å²) in [5, 5.41) is 10.3. The van der Waals surface area contributed by atoms with Gasteiger partial charge in [0, 0.05) is 53.5 Å². The fourth-order valence-corrected chi connectivity index (χ4v) is 4.23. The van der Waals surface area contributed by atoms with Gasteiger partial charge in [0.05, 0.1) is 11.7 Å². The Labute approximate surface area is 232 Å². The Bertz CT molecular complexity index is 1560. The lowest BCUT2D eigenvalue weighted by molar-refractivity contribution is -0.111. The van der Waals surface area contributed by atoms with Gasteiger partial charge in [0.2, 0.25) is 11.9 Å². The van der Waals surface area contributed by atoms with Crippen LogP contribution in [0.4, 0.5) is 27.8 Å². The molecule has 1 fully saturated rings. The van der Waals surface area contributed by atoms with Crippen molar-refractivity contribution in [1.29, 1.82) is 0 Å². The Morgan fingerprint density at radius 1 is 1.02 bits per heavy atom. The van der Waals surface area contributed by atoms with Gasteiger partial charge in [-0.05, 0) is 69.3 Å². The maximum atomic E-state index is 12.1. The Kier molecular flexibility index (Phi) is 7.33. The molecule has 3 N–H and O–H groups in total. The molecule has 4 aromatic rings. The molecule has 3 heterocycles. The van der Waals surface area contributed by atoms with Gasteiger partial charge in [-0.25, -0.2) is 14.8 Å². The quantitative estimate of drug-likeness (QED) is 0.261. The molecule has 0 atom stereocenters. The molecule has 1 saturated heterocycles. The van der Waals surface area contributed by atoms with Gasteiger partial charge in [0.1, 0.15) is 11.1 Å². The molecular weight excluding hydrogens is 506 g/mol. The minimum atomic E-state index is -0.499. The molecule has 2 amide bonds. The lowest BCUT2D eigenvalue weighted by Crippen LogP contribution is -2.57. The van der Waals surface area contributed by atoms with Crippen molar-refractivity contribution in [2.75, 3.05) is 29.0 Å². The maximum Gasteiger partial charge on any atom is 0.410 e. The highest BCUT2D eigenvalue weighted by Gasteiger charge is 2.33. The number of fused-ring (bicyclic) bond motifs is 1. The third-order valence-electron chi connectivity index (χ3n) is 6.13. The van der Waals surface area contributed by atoms with E-state index in [0.29, 0.717) is 35.9 Å². The zero-order valence-corrected chi connectivity index (χ0v) is 22.6. The van der Waals surface area contributed by atoms with Crippen molar-refractivity contribution in [2.45, 2.75) is 32.4 Å². The van der Waals surface area contributed by atoms with E-state index < -0.39 is 5.60 Å². The lowest BCUT2D eigenvalue weighted by atomic mass is 10.1. The Hall–Kier alpha value is -4.99. The summed E-state index contributed by atoms with van der Waals surface area (Å²) < 4.78 is 5.41. The number of nitrogens with one attached hydrogen (secondary N) is 3. The number of benzene rings is 2. The molecule has 0 spiro atoms. The summed E-state index contributed by atoms with van der Waals surface area (Å²) in [5.74, 6) is 0.152. The second-order valence-electron chi connectivity index (χ2n) is 10.5. The summed E-state index contributed by atoms with van der Waals surface area (Å²) in [4.78, 5) is 39.3. The normalized spacial score (nSPS) is 13.3. The number of carbonyl (C=O) groups excluding carboxylic acids is 2. The number of anilines is 4. The first-order valence-electron chi connectivity index (χ1n) is 12.9. The molecular formula is C30H31N7O3. The van der Waals surface area contributed by atoms with Crippen molar-refractivity contribution in [3.63, 3.8) is 0 Å². The van der Waals surface area contributed by atoms with Crippen LogP contribution in [-0.2, 0) is 9.53 Å². The Morgan fingerprint density at radius 3 is 2.50 bits per heavy atom. The second kappa shape index (κ2) is 11.0. The van der Waals surface area contributed by atoms with E-state index in [4.69, 9.17) is 9.72 Å². The number of hydrogen-bond acceptors (Lipinski definition) is 8. The molecule has 40 heavy (non-hydrogen) atoms. The summed E-state index contributed by atoms with van der Waals surface area (Å²) in [7, 11) is 0. The molecule has 1 aliphatic rings. The van der Waals surface area contributed by atoms with E-state index in [2.05, 4.69) is 32.5 Å². The van der Waals surface area contributed by atoms with E-state index in [0.717, 1.165) is 22.3 Å². The van der Waals surface area contributed by atoms with Crippen LogP contribution in [0.3, 0.4) is 0 Å². The molecule has 0 bridgehead atoms. The highest BCUT2D eigenvalue weighted by molar-refractivity contribution is 5.99. The molecule has 204 valence electrons. The highest BCUT2D eigenvalue weighted by Crippen LogP contribution is 2.28. The molecule has 1 aliphatic heterocycles. The van der Waals surface area contributed by atoms with E-state index >= 15 is 0 Å². The van der Waals surface area contributed by atoms with E-state index in [-0.39, 0.29) is 18.0 Å². The van der Waals surface area contributed by atoms with Crippen molar-refractivity contribution in [2.24, 2.45) is 0 Å². The van der Waals surface area contributed by atoms with Crippen LogP contribution in [-0.4, -0.2) is 56.6 Å². The molecule has 0 radical (unpaired) electrons. The van der Waals surface area contributed by atoms with E-state index in [1.165, 1.54) is 6.08 Å². The maximum absolute atomic E-state index is 12.1. The first-order valence-corrected chi connectivity index (χ1v) is 12.9. The van der Waals surface area contributed by atoms with Crippen molar-refractivity contribution in [3.05, 3.63) is 79.6 Å². The molecule has 2 aromatic heterocycles. The van der Waals surface area contributed by atoms with Crippen LogP contribution in [0, 0.1) is 0 Å². The van der Waals surface area contributed by atoms with Crippen molar-refractivity contribution < 1.29 is 14.3 Å². The molecule has 0 aliphatic carbocycles. The van der Waals surface area contributed by atoms with Crippen LogP contribution in [0.25, 0.3) is 22.2 Å². The largest absolute Gasteiger partial charge is 0.444 e. The summed E-state index contributed by atoms with van der Waals surface area (Å²) in [6.07, 6.45) is 4.40. The lowest BCUT2D eigenvalue weighted by Gasteiger charge is -2.40. The third kappa shape index (κ3) is 6.35. The van der Waals surface area contributed by atoms with Crippen LogP contribution < -0.4 is 16.0 Å². The SMILES string of the molecule is C=CC(=O)Nc1cccc(-c2nccc3cnc(Nc4ccc(NC5CN(C(=O)OC(C)(C)C)C5)cc4)nc23)c1. The number of ether oxygens (including phenoxy) is 1. The number of carbonyl (C=O) groups is 2. The zero-order valence-electron chi connectivity index (χ0n) is 22.6. The van der Waals surface area contributed by atoms with Crippen LogP contribution >= 0.6 is 0 Å². The van der Waals surface area contributed by atoms with Gasteiger partial charge in [0.15, 0.2) is 0 Å². The van der Waals surface area contributed by atoms with Crippen molar-refractivity contribution in [1.82, 2.24) is 19.9 Å². The number of rotatable bonds is 7. The van der Waals surface area contributed by atoms with Crippen LogP contribution in [0.5, 0.6) is 0 Å². The number of aromatic nitrogens is 3.